The molecule has 0 aliphatic heterocycles. The lowest BCUT2D eigenvalue weighted by Crippen LogP contribution is -2.61. The molecule has 1 fully saturated rings. The van der Waals surface area contributed by atoms with Crippen LogP contribution in [0.25, 0.3) is 10.4 Å². The minimum atomic E-state index is -1.09. The van der Waals surface area contributed by atoms with Gasteiger partial charge in [0, 0.05) is 16.2 Å². The van der Waals surface area contributed by atoms with Gasteiger partial charge < -0.3 is 15.7 Å². The normalized spacial score (nSPS) is 17.7. The molecule has 0 radical (unpaired) electrons. The van der Waals surface area contributed by atoms with Crippen molar-refractivity contribution in [1.29, 1.82) is 0 Å². The van der Waals surface area contributed by atoms with E-state index in [1.807, 2.05) is 56.3 Å². The van der Waals surface area contributed by atoms with Crippen molar-refractivity contribution in [2.45, 2.75) is 69.2 Å². The highest BCUT2D eigenvalue weighted by atomic mass is 32.1. The first-order valence-corrected chi connectivity index (χ1v) is 12.8. The molecule has 0 bridgehead atoms. The fourth-order valence-electron chi connectivity index (χ4n) is 4.12. The average molecular weight is 489 g/mol. The molecule has 0 spiro atoms. The Balaban J connectivity index is 1.71. The number of benzene rings is 1. The first-order chi connectivity index (χ1) is 15.8. The molecular weight excluding hydrogens is 456 g/mol. The number of carboxylic acid groups (broad SMARTS) is 1. The van der Waals surface area contributed by atoms with Gasteiger partial charge in [-0.25, -0.2) is 4.79 Å². The number of thiol groups is 1. The number of carboxylic acids is 1. The van der Waals surface area contributed by atoms with Crippen molar-refractivity contribution in [2.75, 3.05) is 0 Å². The number of aliphatic carboxylic acids is 1. The number of hydrogen-bond donors (Lipinski definition) is 4. The predicted molar refractivity (Wildman–Crippen MR) is 135 cm³/mol. The average Bonchev–Trinajstić information content (AvgIpc) is 3.48. The summed E-state index contributed by atoms with van der Waals surface area (Å²) in [5, 5.41) is 14.9. The number of thiophene rings is 1. The summed E-state index contributed by atoms with van der Waals surface area (Å²) in [6, 6.07) is 12.7. The van der Waals surface area contributed by atoms with Crippen LogP contribution in [0.3, 0.4) is 0 Å². The Labute approximate surface area is 204 Å². The van der Waals surface area contributed by atoms with Crippen LogP contribution in [0.5, 0.6) is 0 Å². The Morgan fingerprint density at radius 1 is 1.12 bits per heavy atom. The summed E-state index contributed by atoms with van der Waals surface area (Å²) in [6.07, 6.45) is 3.58. The van der Waals surface area contributed by atoms with Gasteiger partial charge in [-0.1, -0.05) is 63.4 Å². The number of rotatable bonds is 10. The van der Waals surface area contributed by atoms with Gasteiger partial charge in [0.05, 0.1) is 5.25 Å². The van der Waals surface area contributed by atoms with E-state index in [0.717, 1.165) is 34.6 Å². The van der Waals surface area contributed by atoms with Crippen molar-refractivity contribution in [3.8, 4) is 10.4 Å². The Morgan fingerprint density at radius 2 is 1.79 bits per heavy atom. The summed E-state index contributed by atoms with van der Waals surface area (Å²) >= 11 is 5.96. The summed E-state index contributed by atoms with van der Waals surface area (Å²) < 4.78 is 0. The Bertz CT molecular complexity index is 970. The molecule has 1 aromatic carbocycles. The van der Waals surface area contributed by atoms with E-state index in [1.165, 1.54) is 11.3 Å². The van der Waals surface area contributed by atoms with E-state index in [9.17, 15) is 19.5 Å². The highest BCUT2D eigenvalue weighted by Gasteiger charge is 2.44. The molecule has 3 N–H and O–H groups in total. The molecule has 1 saturated carbocycles. The molecule has 178 valence electrons. The number of amides is 2. The maximum absolute atomic E-state index is 13.3. The molecule has 1 aromatic heterocycles. The SMILES string of the molecule is CCC(C)C(S)C(=O)NC1(C(=O)NC(Cc2ccc(-c3ccccc3)s2)C(=O)O)CCCC1. The third kappa shape index (κ3) is 6.18. The minimum Gasteiger partial charge on any atom is -0.480 e. The first-order valence-electron chi connectivity index (χ1n) is 11.4. The molecule has 1 heterocycles. The van der Waals surface area contributed by atoms with E-state index in [0.29, 0.717) is 12.8 Å². The smallest absolute Gasteiger partial charge is 0.326 e. The van der Waals surface area contributed by atoms with Crippen molar-refractivity contribution in [1.82, 2.24) is 10.6 Å². The van der Waals surface area contributed by atoms with E-state index in [2.05, 4.69) is 23.3 Å². The van der Waals surface area contributed by atoms with E-state index in [4.69, 9.17) is 0 Å². The van der Waals surface area contributed by atoms with Crippen LogP contribution in [-0.2, 0) is 20.8 Å². The lowest BCUT2D eigenvalue weighted by molar-refractivity contribution is -0.143. The molecule has 33 heavy (non-hydrogen) atoms. The molecule has 1 aliphatic carbocycles. The molecule has 6 nitrogen and oxygen atoms in total. The van der Waals surface area contributed by atoms with Crippen LogP contribution in [0.2, 0.25) is 0 Å². The summed E-state index contributed by atoms with van der Waals surface area (Å²) in [5.41, 5.74) is -0.0101. The van der Waals surface area contributed by atoms with Crippen molar-refractivity contribution < 1.29 is 19.5 Å². The Kier molecular flexibility index (Phi) is 8.59. The molecule has 1 aliphatic rings. The minimum absolute atomic E-state index is 0.0688. The molecular formula is C25H32N2O4S2. The standard InChI is InChI=1S/C25H32N2O4S2/c1-3-16(2)21(32)22(28)27-25(13-7-8-14-25)24(31)26-19(23(29)30)15-18-11-12-20(33-18)17-9-5-4-6-10-17/h4-6,9-12,16,19,21,32H,3,7-8,13-15H2,1-2H3,(H,26,31)(H,27,28)(H,29,30). The van der Waals surface area contributed by atoms with Crippen molar-refractivity contribution >= 4 is 41.7 Å². The van der Waals surface area contributed by atoms with E-state index >= 15 is 0 Å². The molecule has 2 aromatic rings. The van der Waals surface area contributed by atoms with Gasteiger partial charge in [0.2, 0.25) is 11.8 Å². The molecule has 3 unspecified atom stereocenters. The molecule has 2 amide bonds. The highest BCUT2D eigenvalue weighted by Crippen LogP contribution is 2.32. The first kappa shape index (κ1) is 25.3. The van der Waals surface area contributed by atoms with Gasteiger partial charge >= 0.3 is 5.97 Å². The highest BCUT2D eigenvalue weighted by molar-refractivity contribution is 7.81. The second-order valence-corrected chi connectivity index (χ2v) is 10.5. The third-order valence-corrected chi connectivity index (χ3v) is 8.33. The van der Waals surface area contributed by atoms with Crippen molar-refractivity contribution in [2.24, 2.45) is 5.92 Å². The van der Waals surface area contributed by atoms with Gasteiger partial charge in [-0.05, 0) is 36.5 Å². The molecule has 3 rings (SSSR count). The van der Waals surface area contributed by atoms with Crippen LogP contribution >= 0.6 is 24.0 Å². The fraction of sp³-hybridized carbons (Fsp3) is 0.480. The Morgan fingerprint density at radius 3 is 2.39 bits per heavy atom. The summed E-state index contributed by atoms with van der Waals surface area (Å²) in [7, 11) is 0. The summed E-state index contributed by atoms with van der Waals surface area (Å²) in [5.74, 6) is -1.73. The van der Waals surface area contributed by atoms with Gasteiger partial charge in [0.1, 0.15) is 11.6 Å². The van der Waals surface area contributed by atoms with E-state index in [1.54, 1.807) is 0 Å². The Hall–Kier alpha value is -2.32. The quantitative estimate of drug-likeness (QED) is 0.375. The second kappa shape index (κ2) is 11.2. The monoisotopic (exact) mass is 488 g/mol. The maximum Gasteiger partial charge on any atom is 0.326 e. The molecule has 0 saturated heterocycles. The van der Waals surface area contributed by atoms with Gasteiger partial charge in [0.15, 0.2) is 0 Å². The van der Waals surface area contributed by atoms with Crippen LogP contribution in [0.4, 0.5) is 0 Å². The molecule has 3 atom stereocenters. The van der Waals surface area contributed by atoms with E-state index in [-0.39, 0.29) is 18.2 Å². The lowest BCUT2D eigenvalue weighted by atomic mass is 9.94. The number of nitrogens with one attached hydrogen (secondary N) is 2. The van der Waals surface area contributed by atoms with Crippen LogP contribution in [-0.4, -0.2) is 39.7 Å². The van der Waals surface area contributed by atoms with Gasteiger partial charge in [0.25, 0.3) is 0 Å². The van der Waals surface area contributed by atoms with Crippen molar-refractivity contribution in [3.05, 3.63) is 47.3 Å². The number of carbonyl (C=O) groups excluding carboxylic acids is 2. The zero-order chi connectivity index (χ0) is 24.0. The topological polar surface area (TPSA) is 95.5 Å². The predicted octanol–water partition coefficient (Wildman–Crippen LogP) is 4.30. The van der Waals surface area contributed by atoms with Gasteiger partial charge in [-0.3, -0.25) is 9.59 Å². The van der Waals surface area contributed by atoms with Crippen LogP contribution in [0.15, 0.2) is 42.5 Å². The zero-order valence-electron chi connectivity index (χ0n) is 19.0. The van der Waals surface area contributed by atoms with Crippen LogP contribution in [0.1, 0.15) is 50.8 Å². The van der Waals surface area contributed by atoms with Crippen LogP contribution in [0, 0.1) is 5.92 Å². The number of hydrogen-bond acceptors (Lipinski definition) is 5. The lowest BCUT2D eigenvalue weighted by Gasteiger charge is -2.32. The summed E-state index contributed by atoms with van der Waals surface area (Å²) in [4.78, 5) is 40.0. The largest absolute Gasteiger partial charge is 0.480 e. The maximum atomic E-state index is 13.3. The van der Waals surface area contributed by atoms with E-state index < -0.39 is 28.7 Å². The third-order valence-electron chi connectivity index (χ3n) is 6.43. The van der Waals surface area contributed by atoms with Gasteiger partial charge in [-0.15, -0.1) is 11.3 Å². The zero-order valence-corrected chi connectivity index (χ0v) is 20.8. The fourth-order valence-corrected chi connectivity index (χ4v) is 5.46. The van der Waals surface area contributed by atoms with Crippen molar-refractivity contribution in [3.63, 3.8) is 0 Å². The summed E-state index contributed by atoms with van der Waals surface area (Å²) in [6.45, 7) is 3.94. The number of carbonyl (C=O) groups is 3. The molecule has 8 heteroatoms. The van der Waals surface area contributed by atoms with Gasteiger partial charge in [-0.2, -0.15) is 12.6 Å². The second-order valence-electron chi connectivity index (χ2n) is 8.81. The van der Waals surface area contributed by atoms with Crippen LogP contribution < -0.4 is 10.6 Å².